The standard InChI is InChI=1S/C20H23N3OS/c1-2-22-10-12-23(13-11-22)19(17-6-4-14-25-17)16-8-7-15-5-3-9-21-18(15)20(16)24/h3-9,14,19,24H,2,10-13H2,1H3/p+2/t19-/m1/s1. The fourth-order valence-corrected chi connectivity index (χ4v) is 4.88. The van der Waals surface area contributed by atoms with Gasteiger partial charge in [0.1, 0.15) is 31.7 Å². The first-order valence-corrected chi connectivity index (χ1v) is 9.94. The molecule has 5 heteroatoms. The summed E-state index contributed by atoms with van der Waals surface area (Å²) < 4.78 is 0. The molecule has 3 N–H and O–H groups in total. The highest BCUT2D eigenvalue weighted by Crippen LogP contribution is 2.34. The molecule has 4 rings (SSSR count). The lowest BCUT2D eigenvalue weighted by Gasteiger charge is -2.34. The summed E-state index contributed by atoms with van der Waals surface area (Å²) in [5, 5.41) is 14.1. The van der Waals surface area contributed by atoms with Gasteiger partial charge in [-0.25, -0.2) is 0 Å². The van der Waals surface area contributed by atoms with Gasteiger partial charge in [0.2, 0.25) is 0 Å². The lowest BCUT2D eigenvalue weighted by Crippen LogP contribution is -3.28. The number of aromatic nitrogens is 1. The van der Waals surface area contributed by atoms with E-state index < -0.39 is 0 Å². The molecule has 3 heterocycles. The van der Waals surface area contributed by atoms with Gasteiger partial charge in [-0.15, -0.1) is 11.3 Å². The summed E-state index contributed by atoms with van der Waals surface area (Å²) in [5.74, 6) is 0.342. The van der Waals surface area contributed by atoms with Crippen LogP contribution in [0.1, 0.15) is 23.4 Å². The van der Waals surface area contributed by atoms with Crippen molar-refractivity contribution >= 4 is 22.2 Å². The number of hydrogen-bond donors (Lipinski definition) is 3. The number of nitrogens with one attached hydrogen (secondary N) is 2. The zero-order valence-electron chi connectivity index (χ0n) is 14.5. The molecule has 0 unspecified atom stereocenters. The number of thiophene rings is 1. The van der Waals surface area contributed by atoms with Crippen LogP contribution in [0.25, 0.3) is 10.9 Å². The van der Waals surface area contributed by atoms with Gasteiger partial charge in [-0.1, -0.05) is 18.2 Å². The van der Waals surface area contributed by atoms with Gasteiger partial charge in [0, 0.05) is 11.6 Å². The van der Waals surface area contributed by atoms with Gasteiger partial charge in [-0.05, 0) is 30.5 Å². The second-order valence-corrected chi connectivity index (χ2v) is 7.77. The Bertz CT molecular complexity index is 841. The molecule has 25 heavy (non-hydrogen) atoms. The molecule has 0 amide bonds. The highest BCUT2D eigenvalue weighted by Gasteiger charge is 2.34. The predicted molar refractivity (Wildman–Crippen MR) is 102 cm³/mol. The molecule has 2 aromatic heterocycles. The van der Waals surface area contributed by atoms with Crippen LogP contribution < -0.4 is 9.80 Å². The molecular formula is C20H25N3OS+2. The number of hydrogen-bond acceptors (Lipinski definition) is 3. The Hall–Kier alpha value is -1.95. The van der Waals surface area contributed by atoms with E-state index in [1.807, 2.05) is 12.1 Å². The molecule has 0 spiro atoms. The second-order valence-electron chi connectivity index (χ2n) is 6.79. The zero-order valence-corrected chi connectivity index (χ0v) is 15.4. The molecule has 1 atom stereocenters. The zero-order chi connectivity index (χ0) is 17.2. The van der Waals surface area contributed by atoms with Crippen molar-refractivity contribution in [3.8, 4) is 5.75 Å². The number of phenols is 1. The van der Waals surface area contributed by atoms with E-state index >= 15 is 0 Å². The van der Waals surface area contributed by atoms with E-state index in [1.54, 1.807) is 27.3 Å². The molecule has 4 nitrogen and oxygen atoms in total. The Balaban J connectivity index is 1.76. The smallest absolute Gasteiger partial charge is 0.152 e. The maximum atomic E-state index is 11.0. The van der Waals surface area contributed by atoms with Gasteiger partial charge in [0.05, 0.1) is 17.0 Å². The number of pyridine rings is 1. The van der Waals surface area contributed by atoms with Gasteiger partial charge in [-0.3, -0.25) is 4.98 Å². The number of fused-ring (bicyclic) bond motifs is 1. The van der Waals surface area contributed by atoms with Crippen LogP contribution in [-0.2, 0) is 0 Å². The molecule has 1 aliphatic heterocycles. The summed E-state index contributed by atoms with van der Waals surface area (Å²) in [5.41, 5.74) is 1.71. The number of phenolic OH excluding ortho intramolecular Hbond substituents is 1. The van der Waals surface area contributed by atoms with Crippen LogP contribution in [0.2, 0.25) is 0 Å². The number of quaternary nitrogens is 2. The molecule has 0 saturated carbocycles. The van der Waals surface area contributed by atoms with Gasteiger partial charge in [0.15, 0.2) is 11.8 Å². The first-order chi connectivity index (χ1) is 12.3. The summed E-state index contributed by atoms with van der Waals surface area (Å²) in [7, 11) is 0. The topological polar surface area (TPSA) is 42.0 Å². The molecule has 0 bridgehead atoms. The lowest BCUT2D eigenvalue weighted by atomic mass is 9.99. The maximum Gasteiger partial charge on any atom is 0.152 e. The minimum absolute atomic E-state index is 0.185. The van der Waals surface area contributed by atoms with E-state index in [-0.39, 0.29) is 6.04 Å². The van der Waals surface area contributed by atoms with Crippen molar-refractivity contribution in [3.63, 3.8) is 0 Å². The minimum Gasteiger partial charge on any atom is -0.505 e. The average Bonchev–Trinajstić information content (AvgIpc) is 3.19. The lowest BCUT2D eigenvalue weighted by molar-refractivity contribution is -1.02. The first kappa shape index (κ1) is 16.5. The molecule has 0 radical (unpaired) electrons. The van der Waals surface area contributed by atoms with Crippen molar-refractivity contribution in [3.05, 3.63) is 58.4 Å². The van der Waals surface area contributed by atoms with Gasteiger partial charge in [0.25, 0.3) is 0 Å². The number of nitrogens with zero attached hydrogens (tertiary/aromatic N) is 1. The van der Waals surface area contributed by atoms with E-state index in [2.05, 4.69) is 41.6 Å². The Morgan fingerprint density at radius 3 is 2.68 bits per heavy atom. The fourth-order valence-electron chi connectivity index (χ4n) is 3.98. The van der Waals surface area contributed by atoms with Crippen LogP contribution in [-0.4, -0.2) is 42.8 Å². The largest absolute Gasteiger partial charge is 0.505 e. The summed E-state index contributed by atoms with van der Waals surface area (Å²) >= 11 is 1.78. The Kier molecular flexibility index (Phi) is 4.70. The third-order valence-corrected chi connectivity index (χ3v) is 6.36. The third kappa shape index (κ3) is 3.15. The van der Waals surface area contributed by atoms with E-state index in [0.717, 1.165) is 24.0 Å². The van der Waals surface area contributed by atoms with Crippen LogP contribution in [0, 0.1) is 0 Å². The molecule has 0 aliphatic carbocycles. The molecular weight excluding hydrogens is 330 g/mol. The number of piperazine rings is 1. The Morgan fingerprint density at radius 2 is 1.96 bits per heavy atom. The highest BCUT2D eigenvalue weighted by atomic mass is 32.1. The molecule has 1 saturated heterocycles. The number of aromatic hydroxyl groups is 1. The summed E-state index contributed by atoms with van der Waals surface area (Å²) in [4.78, 5) is 8.96. The van der Waals surface area contributed by atoms with Crippen LogP contribution in [0.5, 0.6) is 5.75 Å². The second kappa shape index (κ2) is 7.12. The van der Waals surface area contributed by atoms with Gasteiger partial charge < -0.3 is 14.9 Å². The minimum atomic E-state index is 0.185. The molecule has 1 fully saturated rings. The average molecular weight is 356 g/mol. The Morgan fingerprint density at radius 1 is 1.12 bits per heavy atom. The quantitative estimate of drug-likeness (QED) is 0.651. The van der Waals surface area contributed by atoms with E-state index in [1.165, 1.54) is 24.5 Å². The predicted octanol–water partition coefficient (Wildman–Crippen LogP) is 0.895. The van der Waals surface area contributed by atoms with E-state index in [0.29, 0.717) is 11.3 Å². The number of benzene rings is 1. The van der Waals surface area contributed by atoms with Crippen molar-refractivity contribution < 1.29 is 14.9 Å². The van der Waals surface area contributed by atoms with Crippen LogP contribution in [0.4, 0.5) is 0 Å². The molecule has 130 valence electrons. The van der Waals surface area contributed by atoms with E-state index in [9.17, 15) is 5.11 Å². The maximum absolute atomic E-state index is 11.0. The molecule has 1 aromatic carbocycles. The summed E-state index contributed by atoms with van der Waals surface area (Å²) in [6.45, 7) is 8.11. The van der Waals surface area contributed by atoms with Crippen LogP contribution >= 0.6 is 11.3 Å². The van der Waals surface area contributed by atoms with Crippen LogP contribution in [0.3, 0.4) is 0 Å². The monoisotopic (exact) mass is 355 g/mol. The fraction of sp³-hybridized carbons (Fsp3) is 0.350. The Labute approximate surface area is 152 Å². The molecule has 3 aromatic rings. The summed E-state index contributed by atoms with van der Waals surface area (Å²) in [6, 6.07) is 12.6. The first-order valence-electron chi connectivity index (χ1n) is 9.06. The van der Waals surface area contributed by atoms with E-state index in [4.69, 9.17) is 0 Å². The van der Waals surface area contributed by atoms with Crippen molar-refractivity contribution in [1.82, 2.24) is 4.98 Å². The normalized spacial score (nSPS) is 22.1. The molecule has 1 aliphatic rings. The SMILES string of the molecule is CC[NH+]1CC[NH+]([C@@H](c2cccs2)c2ccc3cccnc3c2O)CC1. The van der Waals surface area contributed by atoms with Gasteiger partial charge in [-0.2, -0.15) is 0 Å². The van der Waals surface area contributed by atoms with Crippen molar-refractivity contribution in [2.45, 2.75) is 13.0 Å². The summed E-state index contributed by atoms with van der Waals surface area (Å²) in [6.07, 6.45) is 1.75. The van der Waals surface area contributed by atoms with Crippen molar-refractivity contribution in [1.29, 1.82) is 0 Å². The third-order valence-electron chi connectivity index (χ3n) is 5.43. The van der Waals surface area contributed by atoms with Crippen molar-refractivity contribution in [2.24, 2.45) is 0 Å². The number of rotatable bonds is 4. The highest BCUT2D eigenvalue weighted by molar-refractivity contribution is 7.10. The van der Waals surface area contributed by atoms with Crippen molar-refractivity contribution in [2.75, 3.05) is 32.7 Å². The van der Waals surface area contributed by atoms with Crippen LogP contribution in [0.15, 0.2) is 48.0 Å². The number of likely N-dealkylation sites (N-methyl/N-ethyl adjacent to an activating group) is 1. The van der Waals surface area contributed by atoms with Gasteiger partial charge >= 0.3 is 0 Å².